The number of carbonyl (C=O) groups excluding carboxylic acids is 1. The zero-order chi connectivity index (χ0) is 7.90. The van der Waals surface area contributed by atoms with E-state index in [0.29, 0.717) is 5.71 Å². The van der Waals surface area contributed by atoms with Crippen LogP contribution in [-0.2, 0) is 0 Å². The van der Waals surface area contributed by atoms with Gasteiger partial charge in [-0.05, 0) is 0 Å². The van der Waals surface area contributed by atoms with Crippen molar-refractivity contribution in [1.82, 2.24) is 5.32 Å². The van der Waals surface area contributed by atoms with Gasteiger partial charge in [0, 0.05) is 0 Å². The molecule has 0 aliphatic carbocycles. The topological polar surface area (TPSA) is 92.2 Å². The number of nitrogens with two attached hydrogens (primary N) is 1. The Kier molecular flexibility index (Phi) is 0.970. The van der Waals surface area contributed by atoms with Crippen LogP contribution in [0.4, 0.5) is 4.79 Å². The highest BCUT2D eigenvalue weighted by molar-refractivity contribution is 6.40. The second-order valence-corrected chi connectivity index (χ2v) is 2.21. The first-order valence-electron chi connectivity index (χ1n) is 2.98. The van der Waals surface area contributed by atoms with Gasteiger partial charge in [-0.15, -0.1) is 0 Å². The molecule has 56 valence electrons. The fraction of sp³-hybridized carbons (Fsp3) is 0.200. The molecule has 0 aromatic carbocycles. The Morgan fingerprint density at radius 3 is 3.27 bits per heavy atom. The van der Waals surface area contributed by atoms with E-state index in [1.165, 1.54) is 12.6 Å². The van der Waals surface area contributed by atoms with Gasteiger partial charge in [-0.3, -0.25) is 11.1 Å². The molecule has 2 aliphatic heterocycles. The Hall–Kier alpha value is -1.56. The predicted octanol–water partition coefficient (Wildman–Crippen LogP) is -1.12. The van der Waals surface area contributed by atoms with Crippen LogP contribution in [0.25, 0.3) is 0 Å². The minimum absolute atomic E-state index is 0.456. The summed E-state index contributed by atoms with van der Waals surface area (Å²) in [4.78, 5) is 21.7. The van der Waals surface area contributed by atoms with Crippen molar-refractivity contribution in [3.8, 4) is 0 Å². The standard InChI is InChI=1S/C5H5N5O/c6-5-3(8-2-9-5)1-7-4(11)10-5/h1-2H,6H2,(H,10,11). The molecular formula is C5H5N5O. The number of carbonyl (C=O) groups is 1. The first-order valence-corrected chi connectivity index (χ1v) is 2.98. The molecular weight excluding hydrogens is 146 g/mol. The van der Waals surface area contributed by atoms with E-state index in [1.807, 2.05) is 0 Å². The fourth-order valence-electron chi connectivity index (χ4n) is 0.890. The van der Waals surface area contributed by atoms with Gasteiger partial charge in [-0.25, -0.2) is 14.8 Å². The molecule has 0 aromatic heterocycles. The van der Waals surface area contributed by atoms with Gasteiger partial charge < -0.3 is 0 Å². The Bertz CT molecular complexity index is 304. The van der Waals surface area contributed by atoms with Crippen LogP contribution in [0.5, 0.6) is 0 Å². The molecule has 6 heteroatoms. The lowest BCUT2D eigenvalue weighted by Crippen LogP contribution is -2.61. The second kappa shape index (κ2) is 1.73. The van der Waals surface area contributed by atoms with Gasteiger partial charge in [-0.1, -0.05) is 0 Å². The molecule has 0 saturated carbocycles. The molecule has 0 spiro atoms. The summed E-state index contributed by atoms with van der Waals surface area (Å²) in [7, 11) is 0. The molecule has 0 saturated heterocycles. The summed E-state index contributed by atoms with van der Waals surface area (Å²) in [5.74, 6) is -1.17. The van der Waals surface area contributed by atoms with Crippen molar-refractivity contribution < 1.29 is 4.79 Å². The maximum Gasteiger partial charge on any atom is 0.344 e. The number of hydrogen-bond donors (Lipinski definition) is 2. The van der Waals surface area contributed by atoms with Gasteiger partial charge in [-0.2, -0.15) is 4.99 Å². The quantitative estimate of drug-likeness (QED) is 0.458. The van der Waals surface area contributed by atoms with E-state index in [4.69, 9.17) is 5.73 Å². The van der Waals surface area contributed by atoms with Crippen LogP contribution in [0.15, 0.2) is 15.0 Å². The summed E-state index contributed by atoms with van der Waals surface area (Å²) < 4.78 is 0. The van der Waals surface area contributed by atoms with Crippen molar-refractivity contribution >= 4 is 24.3 Å². The van der Waals surface area contributed by atoms with Crippen LogP contribution in [0, 0.1) is 0 Å². The molecule has 2 rings (SSSR count). The molecule has 0 radical (unpaired) electrons. The van der Waals surface area contributed by atoms with E-state index in [0.717, 1.165) is 0 Å². The molecule has 11 heavy (non-hydrogen) atoms. The number of fused-ring (bicyclic) bond motifs is 1. The van der Waals surface area contributed by atoms with Crippen molar-refractivity contribution in [1.29, 1.82) is 0 Å². The second-order valence-electron chi connectivity index (χ2n) is 2.21. The Balaban J connectivity index is 2.46. The Labute approximate surface area is 61.9 Å². The average Bonchev–Trinajstić information content (AvgIpc) is 2.28. The van der Waals surface area contributed by atoms with E-state index >= 15 is 0 Å². The summed E-state index contributed by atoms with van der Waals surface area (Å²) in [5.41, 5.74) is 6.06. The van der Waals surface area contributed by atoms with Gasteiger partial charge in [0.1, 0.15) is 12.1 Å². The normalized spacial score (nSPS) is 33.2. The van der Waals surface area contributed by atoms with E-state index in [1.54, 1.807) is 0 Å². The Morgan fingerprint density at radius 1 is 1.64 bits per heavy atom. The van der Waals surface area contributed by atoms with Crippen molar-refractivity contribution in [3.05, 3.63) is 0 Å². The minimum Gasteiger partial charge on any atom is -0.294 e. The lowest BCUT2D eigenvalue weighted by molar-refractivity contribution is 0.242. The molecule has 1 unspecified atom stereocenters. The highest BCUT2D eigenvalue weighted by atomic mass is 16.2. The van der Waals surface area contributed by atoms with Crippen molar-refractivity contribution in [2.24, 2.45) is 20.7 Å². The Morgan fingerprint density at radius 2 is 2.45 bits per heavy atom. The molecule has 3 N–H and O–H groups in total. The summed E-state index contributed by atoms with van der Waals surface area (Å²) >= 11 is 0. The third-order valence-corrected chi connectivity index (χ3v) is 1.45. The maximum atomic E-state index is 10.7. The van der Waals surface area contributed by atoms with Crippen LogP contribution in [0.3, 0.4) is 0 Å². The third-order valence-electron chi connectivity index (χ3n) is 1.45. The number of amides is 2. The van der Waals surface area contributed by atoms with E-state index in [9.17, 15) is 4.79 Å². The summed E-state index contributed by atoms with van der Waals surface area (Å²) in [5, 5.41) is 2.37. The van der Waals surface area contributed by atoms with E-state index < -0.39 is 11.8 Å². The van der Waals surface area contributed by atoms with Gasteiger partial charge in [0.25, 0.3) is 0 Å². The molecule has 2 amide bonds. The number of hydrogen-bond acceptors (Lipinski definition) is 4. The van der Waals surface area contributed by atoms with Gasteiger partial charge >= 0.3 is 6.03 Å². The van der Waals surface area contributed by atoms with Crippen LogP contribution in [0.2, 0.25) is 0 Å². The maximum absolute atomic E-state index is 10.7. The van der Waals surface area contributed by atoms with E-state index in [-0.39, 0.29) is 0 Å². The van der Waals surface area contributed by atoms with Crippen LogP contribution in [0.1, 0.15) is 0 Å². The molecule has 2 heterocycles. The zero-order valence-electron chi connectivity index (χ0n) is 5.48. The summed E-state index contributed by atoms with van der Waals surface area (Å²) in [6.45, 7) is 0. The van der Waals surface area contributed by atoms with Crippen LogP contribution in [-0.4, -0.2) is 30.1 Å². The molecule has 0 aromatic rings. The van der Waals surface area contributed by atoms with Gasteiger partial charge in [0.15, 0.2) is 0 Å². The lowest BCUT2D eigenvalue weighted by Gasteiger charge is -2.23. The molecule has 0 bridgehead atoms. The van der Waals surface area contributed by atoms with Crippen molar-refractivity contribution in [3.63, 3.8) is 0 Å². The molecule has 2 aliphatic rings. The first kappa shape index (κ1) is 6.17. The first-order chi connectivity index (χ1) is 5.21. The molecule has 6 nitrogen and oxygen atoms in total. The highest BCUT2D eigenvalue weighted by Crippen LogP contribution is 2.09. The zero-order valence-corrected chi connectivity index (χ0v) is 5.48. The van der Waals surface area contributed by atoms with Gasteiger partial charge in [0.05, 0.1) is 6.21 Å². The van der Waals surface area contributed by atoms with Crippen molar-refractivity contribution in [2.75, 3.05) is 0 Å². The third kappa shape index (κ3) is 0.761. The fourth-order valence-corrected chi connectivity index (χ4v) is 0.890. The average molecular weight is 151 g/mol. The number of nitrogens with zero attached hydrogens (tertiary/aromatic N) is 3. The highest BCUT2D eigenvalue weighted by Gasteiger charge is 2.36. The number of rotatable bonds is 0. The largest absolute Gasteiger partial charge is 0.344 e. The summed E-state index contributed by atoms with van der Waals surface area (Å²) in [6, 6.07) is -0.495. The monoisotopic (exact) mass is 151 g/mol. The summed E-state index contributed by atoms with van der Waals surface area (Å²) in [6.07, 6.45) is 2.61. The number of nitrogens with one attached hydrogen (secondary N) is 1. The number of urea groups is 1. The predicted molar refractivity (Wildman–Crippen MR) is 39.9 cm³/mol. The minimum atomic E-state index is -1.17. The molecule has 1 atom stereocenters. The van der Waals surface area contributed by atoms with E-state index in [2.05, 4.69) is 20.3 Å². The SMILES string of the molecule is NC12N=CN=C1C=NC(=O)N2. The molecule has 0 fully saturated rings. The van der Waals surface area contributed by atoms with Gasteiger partial charge in [0.2, 0.25) is 5.79 Å². The van der Waals surface area contributed by atoms with Crippen LogP contribution < -0.4 is 11.1 Å². The lowest BCUT2D eigenvalue weighted by atomic mass is 10.2. The van der Waals surface area contributed by atoms with Crippen LogP contribution >= 0.6 is 0 Å². The number of aliphatic imine (C=N–C) groups is 3. The smallest absolute Gasteiger partial charge is 0.294 e. The van der Waals surface area contributed by atoms with Crippen molar-refractivity contribution in [2.45, 2.75) is 5.79 Å².